The number of nitrogens with zero attached hydrogens (tertiary/aromatic N) is 3. The highest BCUT2D eigenvalue weighted by Crippen LogP contribution is 2.35. The average molecular weight is 558 g/mol. The van der Waals surface area contributed by atoms with Crippen LogP contribution < -0.4 is 20.1 Å². The lowest BCUT2D eigenvalue weighted by atomic mass is 10.1. The molecule has 1 unspecified atom stereocenters. The summed E-state index contributed by atoms with van der Waals surface area (Å²) in [4.78, 5) is 49.3. The van der Waals surface area contributed by atoms with Gasteiger partial charge in [0.2, 0.25) is 11.8 Å². The van der Waals surface area contributed by atoms with Crippen LogP contribution in [0.2, 0.25) is 0 Å². The molecule has 5 rings (SSSR count). The minimum absolute atomic E-state index is 0.0430. The maximum Gasteiger partial charge on any atom is 0.271 e. The van der Waals surface area contributed by atoms with E-state index in [-0.39, 0.29) is 24.0 Å². The standard InChI is InChI=1S/C29H27N5O5S/c1-38-20-11-7-18(8-12-20)16-30-25(35)15-24-28(37)33-27-22-5-3-4-6-23(22)32-29(34(24)27)40-17-26(36)31-19-9-13-21(39-2)14-10-19/h3-14,24H,15-17H2,1-2H3,(H,30,35)(H,31,36). The number of thioether (sulfide) groups is 1. The number of amidine groups is 2. The van der Waals surface area contributed by atoms with E-state index in [1.165, 1.54) is 11.8 Å². The van der Waals surface area contributed by atoms with E-state index < -0.39 is 11.9 Å². The number of benzene rings is 3. The van der Waals surface area contributed by atoms with E-state index >= 15 is 0 Å². The van der Waals surface area contributed by atoms with Crippen molar-refractivity contribution in [1.82, 2.24) is 10.2 Å². The Bertz CT molecular complexity index is 1490. The number of hydrogen-bond acceptors (Lipinski definition) is 8. The second-order valence-corrected chi connectivity index (χ2v) is 9.91. The lowest BCUT2D eigenvalue weighted by Gasteiger charge is -2.30. The third-order valence-corrected chi connectivity index (χ3v) is 7.29. The van der Waals surface area contributed by atoms with Gasteiger partial charge in [0.15, 0.2) is 5.17 Å². The van der Waals surface area contributed by atoms with Crippen molar-refractivity contribution in [3.8, 4) is 11.5 Å². The summed E-state index contributed by atoms with van der Waals surface area (Å²) in [5.74, 6) is 0.918. The first-order valence-electron chi connectivity index (χ1n) is 12.5. The van der Waals surface area contributed by atoms with Crippen LogP contribution in [-0.4, -0.2) is 59.6 Å². The molecule has 0 saturated heterocycles. The van der Waals surface area contributed by atoms with Gasteiger partial charge < -0.3 is 20.1 Å². The van der Waals surface area contributed by atoms with Crippen LogP contribution in [0.4, 0.5) is 11.4 Å². The molecule has 0 spiro atoms. The summed E-state index contributed by atoms with van der Waals surface area (Å²) in [5.41, 5.74) is 2.88. The Morgan fingerprint density at radius 3 is 2.27 bits per heavy atom. The molecular formula is C29H27N5O5S. The van der Waals surface area contributed by atoms with Gasteiger partial charge in [-0.15, -0.1) is 0 Å². The minimum Gasteiger partial charge on any atom is -0.497 e. The zero-order valence-corrected chi connectivity index (χ0v) is 22.7. The van der Waals surface area contributed by atoms with Crippen molar-refractivity contribution in [2.75, 3.05) is 25.3 Å². The normalized spacial score (nSPS) is 15.4. The number of rotatable bonds is 9. The maximum atomic E-state index is 13.0. The Hall–Kier alpha value is -4.64. The molecule has 40 heavy (non-hydrogen) atoms. The number of aliphatic imine (C=N–C) groups is 2. The van der Waals surface area contributed by atoms with E-state index in [1.54, 1.807) is 43.4 Å². The van der Waals surface area contributed by atoms with E-state index in [9.17, 15) is 14.4 Å². The van der Waals surface area contributed by atoms with E-state index in [2.05, 4.69) is 15.6 Å². The molecule has 2 aliphatic rings. The van der Waals surface area contributed by atoms with Crippen molar-refractivity contribution >= 4 is 51.9 Å². The second kappa shape index (κ2) is 12.0. The highest BCUT2D eigenvalue weighted by molar-refractivity contribution is 8.14. The Labute approximate surface area is 235 Å². The zero-order chi connectivity index (χ0) is 28.1. The largest absolute Gasteiger partial charge is 0.497 e. The monoisotopic (exact) mass is 557 g/mol. The maximum absolute atomic E-state index is 13.0. The number of carbonyl (C=O) groups is 3. The number of nitrogens with one attached hydrogen (secondary N) is 2. The van der Waals surface area contributed by atoms with E-state index in [1.807, 2.05) is 48.5 Å². The summed E-state index contributed by atoms with van der Waals surface area (Å²) in [7, 11) is 3.17. The van der Waals surface area contributed by atoms with Crippen molar-refractivity contribution in [1.29, 1.82) is 0 Å². The zero-order valence-electron chi connectivity index (χ0n) is 21.9. The molecule has 0 radical (unpaired) electrons. The summed E-state index contributed by atoms with van der Waals surface area (Å²) in [6, 6.07) is 20.9. The molecule has 3 aromatic carbocycles. The number of hydrogen-bond donors (Lipinski definition) is 2. The molecule has 2 heterocycles. The predicted octanol–water partition coefficient (Wildman–Crippen LogP) is 3.74. The molecule has 0 fully saturated rings. The topological polar surface area (TPSA) is 122 Å². The third-order valence-electron chi connectivity index (χ3n) is 6.34. The fourth-order valence-corrected chi connectivity index (χ4v) is 5.14. The van der Waals surface area contributed by atoms with Crippen LogP contribution in [0.3, 0.4) is 0 Å². The van der Waals surface area contributed by atoms with Crippen molar-refractivity contribution in [3.05, 3.63) is 83.9 Å². The fourth-order valence-electron chi connectivity index (χ4n) is 4.30. The second-order valence-electron chi connectivity index (χ2n) is 8.97. The number of ether oxygens (including phenoxy) is 2. The smallest absolute Gasteiger partial charge is 0.271 e. The third kappa shape index (κ3) is 5.99. The molecule has 2 aliphatic heterocycles. The highest BCUT2D eigenvalue weighted by atomic mass is 32.2. The average Bonchev–Trinajstić information content (AvgIpc) is 3.31. The van der Waals surface area contributed by atoms with Gasteiger partial charge in [0.25, 0.3) is 5.91 Å². The number of fused-ring (bicyclic) bond motifs is 3. The summed E-state index contributed by atoms with van der Waals surface area (Å²) in [5, 5.41) is 6.15. The quantitative estimate of drug-likeness (QED) is 0.411. The summed E-state index contributed by atoms with van der Waals surface area (Å²) >= 11 is 1.18. The molecule has 11 heteroatoms. The molecule has 204 valence electrons. The van der Waals surface area contributed by atoms with Crippen LogP contribution in [0.5, 0.6) is 11.5 Å². The van der Waals surface area contributed by atoms with Crippen LogP contribution in [0.25, 0.3) is 0 Å². The van der Waals surface area contributed by atoms with Crippen LogP contribution >= 0.6 is 11.8 Å². The fraction of sp³-hybridized carbons (Fsp3) is 0.207. The van der Waals surface area contributed by atoms with Crippen molar-refractivity contribution < 1.29 is 23.9 Å². The first kappa shape index (κ1) is 26.9. The van der Waals surface area contributed by atoms with Crippen LogP contribution in [-0.2, 0) is 20.9 Å². The molecule has 0 bridgehead atoms. The Kier molecular flexibility index (Phi) is 8.11. The van der Waals surface area contributed by atoms with Gasteiger partial charge in [0.1, 0.15) is 23.4 Å². The molecule has 2 N–H and O–H groups in total. The van der Waals surface area contributed by atoms with Gasteiger partial charge in [-0.25, -0.2) is 4.99 Å². The molecular weight excluding hydrogens is 530 g/mol. The van der Waals surface area contributed by atoms with E-state index in [0.29, 0.717) is 40.2 Å². The Morgan fingerprint density at radius 2 is 1.57 bits per heavy atom. The Morgan fingerprint density at radius 1 is 0.900 bits per heavy atom. The van der Waals surface area contributed by atoms with Crippen LogP contribution in [0.1, 0.15) is 17.5 Å². The first-order valence-corrected chi connectivity index (χ1v) is 13.5. The molecule has 10 nitrogen and oxygen atoms in total. The number of para-hydroxylation sites is 1. The van der Waals surface area contributed by atoms with Gasteiger partial charge in [0.05, 0.1) is 32.1 Å². The van der Waals surface area contributed by atoms with Crippen molar-refractivity contribution in [2.24, 2.45) is 9.98 Å². The predicted molar refractivity (Wildman–Crippen MR) is 154 cm³/mol. The minimum atomic E-state index is -0.866. The SMILES string of the molecule is COc1ccc(CNC(=O)CC2C(=O)N=C3c4ccccc4N=C(SCC(=O)Nc4ccc(OC)cc4)N32)cc1. The van der Waals surface area contributed by atoms with Gasteiger partial charge >= 0.3 is 0 Å². The summed E-state index contributed by atoms with van der Waals surface area (Å²) in [6.07, 6.45) is -0.109. The van der Waals surface area contributed by atoms with E-state index in [0.717, 1.165) is 11.3 Å². The molecule has 3 amide bonds. The van der Waals surface area contributed by atoms with Crippen LogP contribution in [0, 0.1) is 0 Å². The van der Waals surface area contributed by atoms with Gasteiger partial charge in [-0.3, -0.25) is 19.3 Å². The van der Waals surface area contributed by atoms with Crippen molar-refractivity contribution in [2.45, 2.75) is 19.0 Å². The van der Waals surface area contributed by atoms with Gasteiger partial charge in [0, 0.05) is 17.8 Å². The van der Waals surface area contributed by atoms with Gasteiger partial charge in [-0.2, -0.15) is 4.99 Å². The molecule has 0 aromatic heterocycles. The number of amides is 3. The van der Waals surface area contributed by atoms with E-state index in [4.69, 9.17) is 14.5 Å². The number of methoxy groups -OCH3 is 2. The van der Waals surface area contributed by atoms with Gasteiger partial charge in [-0.1, -0.05) is 36.0 Å². The first-order chi connectivity index (χ1) is 19.4. The lowest BCUT2D eigenvalue weighted by Crippen LogP contribution is -2.46. The molecule has 0 aliphatic carbocycles. The number of anilines is 1. The van der Waals surface area contributed by atoms with Crippen LogP contribution in [0.15, 0.2) is 82.8 Å². The molecule has 1 atom stereocenters. The highest BCUT2D eigenvalue weighted by Gasteiger charge is 2.42. The number of carbonyl (C=O) groups excluding carboxylic acids is 3. The summed E-state index contributed by atoms with van der Waals surface area (Å²) < 4.78 is 10.3. The Balaban J connectivity index is 1.28. The van der Waals surface area contributed by atoms with Crippen molar-refractivity contribution in [3.63, 3.8) is 0 Å². The lowest BCUT2D eigenvalue weighted by molar-refractivity contribution is -0.126. The molecule has 0 saturated carbocycles. The molecule has 3 aromatic rings. The van der Waals surface area contributed by atoms with Gasteiger partial charge in [-0.05, 0) is 54.1 Å². The summed E-state index contributed by atoms with van der Waals surface area (Å²) in [6.45, 7) is 0.307.